The first-order chi connectivity index (χ1) is 9.12. The monoisotopic (exact) mass is 280 g/mol. The minimum absolute atomic E-state index is 0.406. The lowest BCUT2D eigenvalue weighted by Gasteiger charge is -2.30. The summed E-state index contributed by atoms with van der Waals surface area (Å²) in [6, 6.07) is 3.96. The third-order valence-electron chi connectivity index (χ3n) is 4.74. The molecule has 1 aliphatic heterocycles. The normalized spacial score (nSPS) is 29.3. The molecule has 1 saturated carbocycles. The highest BCUT2D eigenvalue weighted by molar-refractivity contribution is 6.30. The first kappa shape index (κ1) is 13.3. The molecule has 0 saturated heterocycles. The van der Waals surface area contributed by atoms with Crippen molar-refractivity contribution in [2.75, 3.05) is 6.61 Å². The lowest BCUT2D eigenvalue weighted by atomic mass is 9.83. The maximum Gasteiger partial charge on any atom is 0.126 e. The summed E-state index contributed by atoms with van der Waals surface area (Å²) in [5.74, 6) is 1.38. The van der Waals surface area contributed by atoms with Gasteiger partial charge in [0.1, 0.15) is 5.75 Å². The van der Waals surface area contributed by atoms with Crippen LogP contribution in [-0.4, -0.2) is 17.3 Å². The van der Waals surface area contributed by atoms with E-state index in [-0.39, 0.29) is 0 Å². The molecule has 104 valence electrons. The van der Waals surface area contributed by atoms with Crippen molar-refractivity contribution in [3.05, 3.63) is 28.3 Å². The molecule has 3 rings (SSSR count). The predicted molar refractivity (Wildman–Crippen MR) is 76.9 cm³/mol. The van der Waals surface area contributed by atoms with Gasteiger partial charge < -0.3 is 9.84 Å². The van der Waals surface area contributed by atoms with Crippen LogP contribution in [-0.2, 0) is 12.8 Å². The maximum atomic E-state index is 10.9. The van der Waals surface area contributed by atoms with E-state index in [1.165, 1.54) is 5.56 Å². The molecule has 0 spiro atoms. The van der Waals surface area contributed by atoms with Gasteiger partial charge in [-0.25, -0.2) is 0 Å². The molecule has 19 heavy (non-hydrogen) atoms. The van der Waals surface area contributed by atoms with Crippen LogP contribution in [0.3, 0.4) is 0 Å². The molecule has 1 aromatic rings. The first-order valence-corrected chi connectivity index (χ1v) is 7.66. The van der Waals surface area contributed by atoms with Gasteiger partial charge in [0.2, 0.25) is 0 Å². The molecule has 1 N–H and O–H groups in total. The SMILES string of the molecule is CCC1CCCC1(O)Cc1cc(Cl)cc2c1OCC2. The van der Waals surface area contributed by atoms with Crippen LogP contribution in [0.2, 0.25) is 5.02 Å². The van der Waals surface area contributed by atoms with Crippen molar-refractivity contribution in [2.45, 2.75) is 51.0 Å². The summed E-state index contributed by atoms with van der Waals surface area (Å²) < 4.78 is 5.74. The van der Waals surface area contributed by atoms with E-state index < -0.39 is 5.60 Å². The molecule has 1 heterocycles. The quantitative estimate of drug-likeness (QED) is 0.913. The van der Waals surface area contributed by atoms with E-state index in [1.54, 1.807) is 0 Å². The Morgan fingerprint density at radius 2 is 2.32 bits per heavy atom. The van der Waals surface area contributed by atoms with Crippen molar-refractivity contribution in [1.82, 2.24) is 0 Å². The second-order valence-corrected chi connectivity index (χ2v) is 6.37. The second-order valence-electron chi connectivity index (χ2n) is 5.93. The van der Waals surface area contributed by atoms with Crippen molar-refractivity contribution in [1.29, 1.82) is 0 Å². The number of aliphatic hydroxyl groups is 1. The molecule has 3 heteroatoms. The van der Waals surface area contributed by atoms with E-state index in [0.717, 1.165) is 55.0 Å². The van der Waals surface area contributed by atoms with Gasteiger partial charge in [-0.2, -0.15) is 0 Å². The largest absolute Gasteiger partial charge is 0.493 e. The van der Waals surface area contributed by atoms with Crippen LogP contribution in [0.1, 0.15) is 43.7 Å². The molecule has 1 aromatic carbocycles. The Labute approximate surface area is 119 Å². The molecule has 2 unspecified atom stereocenters. The number of halogens is 1. The minimum Gasteiger partial charge on any atom is -0.493 e. The molecule has 1 aliphatic carbocycles. The van der Waals surface area contributed by atoms with E-state index in [2.05, 4.69) is 6.92 Å². The lowest BCUT2D eigenvalue weighted by molar-refractivity contribution is 0.00102. The Balaban J connectivity index is 1.91. The Bertz CT molecular complexity index is 486. The fraction of sp³-hybridized carbons (Fsp3) is 0.625. The van der Waals surface area contributed by atoms with E-state index in [9.17, 15) is 5.11 Å². The van der Waals surface area contributed by atoms with Crippen molar-refractivity contribution in [3.8, 4) is 5.75 Å². The second kappa shape index (κ2) is 4.99. The molecular weight excluding hydrogens is 260 g/mol. The molecule has 2 nitrogen and oxygen atoms in total. The zero-order chi connectivity index (χ0) is 13.5. The van der Waals surface area contributed by atoms with E-state index in [4.69, 9.17) is 16.3 Å². The number of hydrogen-bond acceptors (Lipinski definition) is 2. The van der Waals surface area contributed by atoms with Crippen molar-refractivity contribution < 1.29 is 9.84 Å². The standard InChI is InChI=1S/C16H21ClO2/c1-2-13-4-3-6-16(13,18)10-12-9-14(17)8-11-5-7-19-15(11)12/h8-9,13,18H,2-7,10H2,1H3. The van der Waals surface area contributed by atoms with Gasteiger partial charge in [-0.05, 0) is 42.0 Å². The third kappa shape index (κ3) is 2.36. The zero-order valence-electron chi connectivity index (χ0n) is 11.4. The molecular formula is C16H21ClO2. The number of fused-ring (bicyclic) bond motifs is 1. The fourth-order valence-electron chi connectivity index (χ4n) is 3.75. The highest BCUT2D eigenvalue weighted by atomic mass is 35.5. The summed E-state index contributed by atoms with van der Waals surface area (Å²) >= 11 is 6.19. The molecule has 0 amide bonds. The first-order valence-electron chi connectivity index (χ1n) is 7.29. The molecule has 0 radical (unpaired) electrons. The van der Waals surface area contributed by atoms with Gasteiger partial charge in [-0.1, -0.05) is 31.4 Å². The van der Waals surface area contributed by atoms with Crippen LogP contribution < -0.4 is 4.74 Å². The van der Waals surface area contributed by atoms with Crippen molar-refractivity contribution in [2.24, 2.45) is 5.92 Å². The van der Waals surface area contributed by atoms with E-state index in [1.807, 2.05) is 12.1 Å². The average molecular weight is 281 g/mol. The van der Waals surface area contributed by atoms with Gasteiger partial charge in [0.15, 0.2) is 0 Å². The van der Waals surface area contributed by atoms with Gasteiger partial charge in [-0.3, -0.25) is 0 Å². The molecule has 0 aromatic heterocycles. The third-order valence-corrected chi connectivity index (χ3v) is 4.96. The smallest absolute Gasteiger partial charge is 0.126 e. The molecule has 2 aliphatic rings. The lowest BCUT2D eigenvalue weighted by Crippen LogP contribution is -2.35. The summed E-state index contributed by atoms with van der Waals surface area (Å²) in [6.45, 7) is 2.90. The number of ether oxygens (including phenoxy) is 1. The van der Waals surface area contributed by atoms with Crippen LogP contribution in [0, 0.1) is 5.92 Å². The van der Waals surface area contributed by atoms with Gasteiger partial charge in [0.25, 0.3) is 0 Å². The van der Waals surface area contributed by atoms with Crippen molar-refractivity contribution >= 4 is 11.6 Å². The summed E-state index contributed by atoms with van der Waals surface area (Å²) in [7, 11) is 0. The van der Waals surface area contributed by atoms with Crippen LogP contribution in [0.25, 0.3) is 0 Å². The maximum absolute atomic E-state index is 10.9. The fourth-order valence-corrected chi connectivity index (χ4v) is 4.01. The van der Waals surface area contributed by atoms with Crippen LogP contribution in [0.4, 0.5) is 0 Å². The molecule has 0 bridgehead atoms. The van der Waals surface area contributed by atoms with E-state index in [0.29, 0.717) is 12.3 Å². The van der Waals surface area contributed by atoms with Crippen molar-refractivity contribution in [3.63, 3.8) is 0 Å². The van der Waals surface area contributed by atoms with Gasteiger partial charge in [-0.15, -0.1) is 0 Å². The summed E-state index contributed by atoms with van der Waals surface area (Å²) in [6.07, 6.45) is 5.80. The van der Waals surface area contributed by atoms with Gasteiger partial charge >= 0.3 is 0 Å². The highest BCUT2D eigenvalue weighted by Crippen LogP contribution is 2.43. The van der Waals surface area contributed by atoms with E-state index >= 15 is 0 Å². The molecule has 1 fully saturated rings. The summed E-state index contributed by atoms with van der Waals surface area (Å²) in [5, 5.41) is 11.7. The topological polar surface area (TPSA) is 29.5 Å². The Hall–Kier alpha value is -0.730. The average Bonchev–Trinajstić information content (AvgIpc) is 2.95. The number of benzene rings is 1. The predicted octanol–water partition coefficient (Wildman–Crippen LogP) is 3.76. The molecule has 2 atom stereocenters. The van der Waals surface area contributed by atoms with Crippen LogP contribution >= 0.6 is 11.6 Å². The Morgan fingerprint density at radius 3 is 3.11 bits per heavy atom. The van der Waals surface area contributed by atoms with Crippen LogP contribution in [0.15, 0.2) is 12.1 Å². The Kier molecular flexibility index (Phi) is 3.48. The van der Waals surface area contributed by atoms with Crippen LogP contribution in [0.5, 0.6) is 5.75 Å². The number of hydrogen-bond donors (Lipinski definition) is 1. The van der Waals surface area contributed by atoms with Gasteiger partial charge in [0.05, 0.1) is 12.2 Å². The number of rotatable bonds is 3. The zero-order valence-corrected chi connectivity index (χ0v) is 12.2. The van der Waals surface area contributed by atoms with Gasteiger partial charge in [0, 0.05) is 17.9 Å². The Morgan fingerprint density at radius 1 is 1.47 bits per heavy atom. The summed E-state index contributed by atoms with van der Waals surface area (Å²) in [4.78, 5) is 0. The highest BCUT2D eigenvalue weighted by Gasteiger charge is 2.40. The minimum atomic E-state index is -0.570. The summed E-state index contributed by atoms with van der Waals surface area (Å²) in [5.41, 5.74) is 1.71.